The molecule has 8 rings (SSSR count). The van der Waals surface area contributed by atoms with Crippen LogP contribution in [-0.4, -0.2) is 0 Å². The maximum atomic E-state index is 3.65. The van der Waals surface area contributed by atoms with Gasteiger partial charge in [0.2, 0.25) is 0 Å². The monoisotopic (exact) mass is 591 g/mol. The molecule has 0 aromatic heterocycles. The van der Waals surface area contributed by atoms with E-state index in [1.807, 2.05) is 0 Å². The molecule has 1 nitrogen and oxygen atoms in total. The lowest BCUT2D eigenvalue weighted by atomic mass is 9.81. The number of benzene rings is 6. The predicted octanol–water partition coefficient (Wildman–Crippen LogP) is 12.2. The van der Waals surface area contributed by atoms with Gasteiger partial charge in [0.1, 0.15) is 0 Å². The van der Waals surface area contributed by atoms with Crippen LogP contribution < -0.4 is 5.32 Å². The van der Waals surface area contributed by atoms with Crippen molar-refractivity contribution < 1.29 is 0 Å². The maximum absolute atomic E-state index is 3.65. The summed E-state index contributed by atoms with van der Waals surface area (Å²) in [5, 5.41) is 3.65. The SMILES string of the molecule is CC1(C)c2cc(Nc3ccc(-c4ccccc4)cc3)ccc2-c2ccc(C3=CCC(c4ccc(-c5ccccc5)cc4)C=C3)cc21. The van der Waals surface area contributed by atoms with Gasteiger partial charge in [-0.25, -0.2) is 0 Å². The first-order valence-electron chi connectivity index (χ1n) is 16.3. The second-order valence-corrected chi connectivity index (χ2v) is 13.1. The van der Waals surface area contributed by atoms with Crippen molar-refractivity contribution in [2.75, 3.05) is 5.32 Å². The Morgan fingerprint density at radius 3 is 1.65 bits per heavy atom. The highest BCUT2D eigenvalue weighted by Gasteiger charge is 2.36. The van der Waals surface area contributed by atoms with E-state index in [1.54, 1.807) is 0 Å². The van der Waals surface area contributed by atoms with E-state index in [1.165, 1.54) is 61.2 Å². The summed E-state index contributed by atoms with van der Waals surface area (Å²) in [7, 11) is 0. The van der Waals surface area contributed by atoms with E-state index < -0.39 is 0 Å². The van der Waals surface area contributed by atoms with Gasteiger partial charge in [0.15, 0.2) is 0 Å². The quantitative estimate of drug-likeness (QED) is 0.203. The van der Waals surface area contributed by atoms with E-state index in [2.05, 4.69) is 183 Å². The van der Waals surface area contributed by atoms with Crippen LogP contribution in [0.2, 0.25) is 0 Å². The number of nitrogens with one attached hydrogen (secondary N) is 1. The highest BCUT2D eigenvalue weighted by atomic mass is 14.9. The fourth-order valence-corrected chi connectivity index (χ4v) is 7.17. The number of allylic oxidation sites excluding steroid dienone is 4. The molecule has 1 N–H and O–H groups in total. The van der Waals surface area contributed by atoms with Crippen molar-refractivity contribution in [2.24, 2.45) is 0 Å². The molecule has 0 saturated heterocycles. The number of anilines is 2. The molecule has 46 heavy (non-hydrogen) atoms. The zero-order valence-electron chi connectivity index (χ0n) is 26.4. The molecule has 1 heteroatoms. The Morgan fingerprint density at radius 2 is 1.04 bits per heavy atom. The fourth-order valence-electron chi connectivity index (χ4n) is 7.17. The molecular weight excluding hydrogens is 555 g/mol. The Hall–Kier alpha value is -5.40. The largest absolute Gasteiger partial charge is 0.356 e. The fraction of sp³-hybridized carbons (Fsp3) is 0.111. The molecule has 2 aliphatic rings. The second-order valence-electron chi connectivity index (χ2n) is 13.1. The van der Waals surface area contributed by atoms with E-state index >= 15 is 0 Å². The van der Waals surface area contributed by atoms with Crippen molar-refractivity contribution in [3.63, 3.8) is 0 Å². The molecule has 222 valence electrons. The van der Waals surface area contributed by atoms with Gasteiger partial charge in [0.05, 0.1) is 0 Å². The van der Waals surface area contributed by atoms with Crippen LogP contribution in [0.4, 0.5) is 11.4 Å². The summed E-state index contributed by atoms with van der Waals surface area (Å²) >= 11 is 0. The van der Waals surface area contributed by atoms with E-state index in [4.69, 9.17) is 0 Å². The molecule has 0 spiro atoms. The molecule has 0 fully saturated rings. The number of hydrogen-bond acceptors (Lipinski definition) is 1. The van der Waals surface area contributed by atoms with Crippen LogP contribution >= 0.6 is 0 Å². The van der Waals surface area contributed by atoms with E-state index in [9.17, 15) is 0 Å². The lowest BCUT2D eigenvalue weighted by Gasteiger charge is -2.23. The van der Waals surface area contributed by atoms with Crippen molar-refractivity contribution in [1.82, 2.24) is 0 Å². The third-order valence-electron chi connectivity index (χ3n) is 9.84. The summed E-state index contributed by atoms with van der Waals surface area (Å²) < 4.78 is 0. The molecule has 6 aromatic carbocycles. The van der Waals surface area contributed by atoms with Crippen LogP contribution in [0.3, 0.4) is 0 Å². The van der Waals surface area contributed by atoms with Gasteiger partial charge in [-0.3, -0.25) is 0 Å². The lowest BCUT2D eigenvalue weighted by molar-refractivity contribution is 0.660. The third kappa shape index (κ3) is 5.18. The van der Waals surface area contributed by atoms with Crippen LogP contribution in [0.1, 0.15) is 48.4 Å². The minimum atomic E-state index is -0.0858. The molecule has 0 amide bonds. The summed E-state index contributed by atoms with van der Waals surface area (Å²) in [5.41, 5.74) is 16.6. The van der Waals surface area contributed by atoms with Crippen molar-refractivity contribution in [2.45, 2.75) is 31.6 Å². The van der Waals surface area contributed by atoms with Gasteiger partial charge in [0.25, 0.3) is 0 Å². The van der Waals surface area contributed by atoms with Crippen molar-refractivity contribution in [3.05, 3.63) is 186 Å². The maximum Gasteiger partial charge on any atom is 0.0387 e. The van der Waals surface area contributed by atoms with Gasteiger partial charge in [0, 0.05) is 22.7 Å². The van der Waals surface area contributed by atoms with Gasteiger partial charge in [-0.05, 0) is 98.0 Å². The summed E-state index contributed by atoms with van der Waals surface area (Å²) in [6, 6.07) is 52.8. The number of fused-ring (bicyclic) bond motifs is 3. The molecule has 0 radical (unpaired) electrons. The third-order valence-corrected chi connectivity index (χ3v) is 9.84. The molecule has 0 aliphatic heterocycles. The average Bonchev–Trinajstić information content (AvgIpc) is 3.34. The number of hydrogen-bond donors (Lipinski definition) is 1. The van der Waals surface area contributed by atoms with Crippen molar-refractivity contribution in [1.29, 1.82) is 0 Å². The molecule has 0 bridgehead atoms. The molecule has 0 heterocycles. The summed E-state index contributed by atoms with van der Waals surface area (Å²) in [5.74, 6) is 0.407. The minimum absolute atomic E-state index is 0.0858. The van der Waals surface area contributed by atoms with E-state index in [0.29, 0.717) is 5.92 Å². The van der Waals surface area contributed by atoms with Crippen molar-refractivity contribution in [3.8, 4) is 33.4 Å². The smallest absolute Gasteiger partial charge is 0.0387 e. The lowest BCUT2D eigenvalue weighted by Crippen LogP contribution is -2.15. The predicted molar refractivity (Wildman–Crippen MR) is 196 cm³/mol. The molecule has 2 aliphatic carbocycles. The minimum Gasteiger partial charge on any atom is -0.356 e. The topological polar surface area (TPSA) is 12.0 Å². The molecule has 0 saturated carbocycles. The summed E-state index contributed by atoms with van der Waals surface area (Å²) in [6.07, 6.45) is 8.13. The van der Waals surface area contributed by atoms with Crippen molar-refractivity contribution >= 4 is 16.9 Å². The van der Waals surface area contributed by atoms with Crippen LogP contribution in [0.25, 0.3) is 39.0 Å². The average molecular weight is 592 g/mol. The first-order chi connectivity index (χ1) is 22.5. The Labute approximate surface area is 272 Å². The Morgan fingerprint density at radius 1 is 0.522 bits per heavy atom. The zero-order valence-corrected chi connectivity index (χ0v) is 26.4. The van der Waals surface area contributed by atoms with Gasteiger partial charge in [-0.2, -0.15) is 0 Å². The first kappa shape index (κ1) is 28.1. The van der Waals surface area contributed by atoms with Crippen LogP contribution in [-0.2, 0) is 5.41 Å². The van der Waals surface area contributed by atoms with E-state index in [-0.39, 0.29) is 5.41 Å². The Balaban J connectivity index is 0.987. The van der Waals surface area contributed by atoms with Gasteiger partial charge < -0.3 is 5.32 Å². The highest BCUT2D eigenvalue weighted by molar-refractivity contribution is 5.86. The molecular formula is C45H37N. The normalized spacial score (nSPS) is 16.0. The van der Waals surface area contributed by atoms with Crippen LogP contribution in [0, 0.1) is 0 Å². The Bertz CT molecular complexity index is 2080. The van der Waals surface area contributed by atoms with Crippen LogP contribution in [0.5, 0.6) is 0 Å². The number of rotatable bonds is 6. The standard InChI is InChI=1S/C45H37N/c1-45(2)43-29-38(37-19-17-35(18-20-37)34-15-13-33(14-16-34)31-9-5-3-6-10-31)23-27-41(43)42-28-26-40(30-44(42)45)46-39-24-21-36(22-25-39)32-11-7-4-8-12-32/h3-17,19-30,35,46H,18H2,1-2H3. The molecule has 6 aromatic rings. The first-order valence-corrected chi connectivity index (χ1v) is 16.3. The van der Waals surface area contributed by atoms with E-state index in [0.717, 1.165) is 17.8 Å². The highest BCUT2D eigenvalue weighted by Crippen LogP contribution is 2.50. The van der Waals surface area contributed by atoms with Crippen LogP contribution in [0.15, 0.2) is 164 Å². The van der Waals surface area contributed by atoms with Gasteiger partial charge >= 0.3 is 0 Å². The summed E-state index contributed by atoms with van der Waals surface area (Å²) in [4.78, 5) is 0. The second kappa shape index (κ2) is 11.5. The molecule has 1 unspecified atom stereocenters. The Kier molecular flexibility index (Phi) is 7.03. The van der Waals surface area contributed by atoms with Gasteiger partial charge in [-0.1, -0.05) is 147 Å². The van der Waals surface area contributed by atoms with Gasteiger partial charge in [-0.15, -0.1) is 0 Å². The summed E-state index contributed by atoms with van der Waals surface area (Å²) in [6.45, 7) is 4.72. The zero-order chi connectivity index (χ0) is 31.1. The molecule has 1 atom stereocenters.